The van der Waals surface area contributed by atoms with E-state index in [1.807, 2.05) is 18.6 Å². The zero-order valence-corrected chi connectivity index (χ0v) is 12.8. The summed E-state index contributed by atoms with van der Waals surface area (Å²) in [5, 5.41) is 4.91. The highest BCUT2D eigenvalue weighted by Gasteiger charge is 2.17. The molecule has 1 aromatic carbocycles. The van der Waals surface area contributed by atoms with E-state index in [-0.39, 0.29) is 16.6 Å². The minimum Gasteiger partial charge on any atom is -0.281 e. The molecule has 0 saturated heterocycles. The van der Waals surface area contributed by atoms with Gasteiger partial charge in [0.05, 0.1) is 16.3 Å². The number of hydrogen-bond donors (Lipinski definition) is 2. The van der Waals surface area contributed by atoms with Crippen molar-refractivity contribution in [1.29, 1.82) is 0 Å². The Kier molecular flexibility index (Phi) is 5.11. The smallest absolute Gasteiger partial charge is 0.238 e. The third kappa shape index (κ3) is 5.06. The van der Waals surface area contributed by atoms with Gasteiger partial charge in [0.2, 0.25) is 20.0 Å². The van der Waals surface area contributed by atoms with Crippen LogP contribution in [0.3, 0.4) is 0 Å². The van der Waals surface area contributed by atoms with E-state index in [1.54, 1.807) is 0 Å². The van der Waals surface area contributed by atoms with Crippen molar-refractivity contribution >= 4 is 25.7 Å². The van der Waals surface area contributed by atoms with Crippen LogP contribution in [0.15, 0.2) is 23.1 Å². The van der Waals surface area contributed by atoms with Crippen molar-refractivity contribution < 1.29 is 21.2 Å². The molecule has 9 heteroatoms. The Bertz CT molecular complexity index is 684. The minimum absolute atomic E-state index is 0.173. The van der Waals surface area contributed by atoms with Crippen LogP contribution in [0.1, 0.15) is 20.3 Å². The molecule has 0 aliphatic carbocycles. The third-order valence-electron chi connectivity index (χ3n) is 2.50. The molecule has 114 valence electrons. The molecule has 0 aliphatic rings. The van der Waals surface area contributed by atoms with E-state index in [4.69, 9.17) is 5.14 Å². The molecule has 0 aliphatic heterocycles. The van der Waals surface area contributed by atoms with Gasteiger partial charge in [-0.25, -0.2) is 26.4 Å². The minimum atomic E-state index is -4.02. The van der Waals surface area contributed by atoms with Gasteiger partial charge in [-0.2, -0.15) is 0 Å². The number of benzene rings is 1. The first kappa shape index (κ1) is 16.9. The summed E-state index contributed by atoms with van der Waals surface area (Å²) in [4.78, 5) is -0.361. The van der Waals surface area contributed by atoms with E-state index < -0.39 is 31.6 Å². The second kappa shape index (κ2) is 6.06. The molecular formula is C11H17FN2O4S2. The molecular weight excluding hydrogens is 307 g/mol. The predicted octanol–water partition coefficient (Wildman–Crippen LogP) is 1.26. The first-order chi connectivity index (χ1) is 9.01. The predicted molar refractivity (Wildman–Crippen MR) is 74.6 cm³/mol. The maximum absolute atomic E-state index is 13.5. The van der Waals surface area contributed by atoms with E-state index in [0.29, 0.717) is 6.42 Å². The summed E-state index contributed by atoms with van der Waals surface area (Å²) in [5.41, 5.74) is -0.430. The topological polar surface area (TPSA) is 106 Å². The van der Waals surface area contributed by atoms with Gasteiger partial charge < -0.3 is 0 Å². The van der Waals surface area contributed by atoms with Gasteiger partial charge in [0, 0.05) is 0 Å². The molecule has 20 heavy (non-hydrogen) atoms. The van der Waals surface area contributed by atoms with Crippen molar-refractivity contribution in [2.45, 2.75) is 25.2 Å². The fourth-order valence-electron chi connectivity index (χ4n) is 1.37. The van der Waals surface area contributed by atoms with Crippen LogP contribution >= 0.6 is 0 Å². The van der Waals surface area contributed by atoms with Gasteiger partial charge in [-0.3, -0.25) is 4.72 Å². The maximum Gasteiger partial charge on any atom is 0.238 e. The summed E-state index contributed by atoms with van der Waals surface area (Å²) in [6.45, 7) is 3.72. The lowest BCUT2D eigenvalue weighted by molar-refractivity contribution is 0.576. The first-order valence-corrected chi connectivity index (χ1v) is 9.04. The van der Waals surface area contributed by atoms with Gasteiger partial charge >= 0.3 is 0 Å². The number of nitrogens with one attached hydrogen (secondary N) is 1. The van der Waals surface area contributed by atoms with Crippen molar-refractivity contribution in [3.05, 3.63) is 24.0 Å². The molecule has 0 fully saturated rings. The van der Waals surface area contributed by atoms with Crippen LogP contribution in [-0.2, 0) is 20.0 Å². The second-order valence-corrected chi connectivity index (χ2v) is 8.19. The monoisotopic (exact) mass is 324 g/mol. The van der Waals surface area contributed by atoms with E-state index in [2.05, 4.69) is 0 Å². The highest BCUT2D eigenvalue weighted by Crippen LogP contribution is 2.20. The van der Waals surface area contributed by atoms with Crippen molar-refractivity contribution in [3.63, 3.8) is 0 Å². The Labute approximate surface area is 118 Å². The van der Waals surface area contributed by atoms with Gasteiger partial charge in [0.25, 0.3) is 0 Å². The van der Waals surface area contributed by atoms with Gasteiger partial charge in [0.15, 0.2) is 0 Å². The summed E-state index contributed by atoms with van der Waals surface area (Å²) in [5.74, 6) is -0.873. The Morgan fingerprint density at radius 1 is 1.25 bits per heavy atom. The molecule has 0 heterocycles. The third-order valence-corrected chi connectivity index (χ3v) is 4.71. The number of nitrogens with two attached hydrogens (primary N) is 1. The molecule has 0 aromatic heterocycles. The number of sulfonamides is 2. The van der Waals surface area contributed by atoms with Crippen LogP contribution in [0.2, 0.25) is 0 Å². The normalized spacial score (nSPS) is 12.7. The lowest BCUT2D eigenvalue weighted by atomic mass is 10.2. The molecule has 0 unspecified atom stereocenters. The quantitative estimate of drug-likeness (QED) is 0.821. The van der Waals surface area contributed by atoms with Crippen molar-refractivity contribution in [1.82, 2.24) is 0 Å². The molecule has 0 amide bonds. The van der Waals surface area contributed by atoms with Crippen LogP contribution in [0.5, 0.6) is 0 Å². The summed E-state index contributed by atoms with van der Waals surface area (Å²) in [6, 6.07) is 2.67. The number of rotatable bonds is 6. The number of hydrogen-bond acceptors (Lipinski definition) is 4. The number of anilines is 1. The molecule has 0 spiro atoms. The van der Waals surface area contributed by atoms with Crippen LogP contribution in [0, 0.1) is 11.7 Å². The summed E-state index contributed by atoms with van der Waals surface area (Å²) < 4.78 is 61.4. The fraction of sp³-hybridized carbons (Fsp3) is 0.455. The van der Waals surface area contributed by atoms with E-state index in [0.717, 1.165) is 18.2 Å². The van der Waals surface area contributed by atoms with Gasteiger partial charge in [0.1, 0.15) is 5.82 Å². The van der Waals surface area contributed by atoms with Crippen LogP contribution < -0.4 is 9.86 Å². The zero-order valence-electron chi connectivity index (χ0n) is 11.1. The van der Waals surface area contributed by atoms with Crippen molar-refractivity contribution in [3.8, 4) is 0 Å². The molecule has 0 radical (unpaired) electrons. The standard InChI is InChI=1S/C11H17FN2O4S2/c1-8(2)5-6-19(15,16)14-11-7-9(20(13,17)18)3-4-10(11)12/h3-4,7-8,14H,5-6H2,1-2H3,(H2,13,17,18). The van der Waals surface area contributed by atoms with Crippen molar-refractivity contribution in [2.75, 3.05) is 10.5 Å². The van der Waals surface area contributed by atoms with Gasteiger partial charge in [-0.1, -0.05) is 13.8 Å². The Morgan fingerprint density at radius 3 is 2.35 bits per heavy atom. The zero-order chi connectivity index (χ0) is 15.6. The molecule has 6 nitrogen and oxygen atoms in total. The lowest BCUT2D eigenvalue weighted by Gasteiger charge is -2.11. The Balaban J connectivity index is 3.03. The Hall–Kier alpha value is -1.19. The SMILES string of the molecule is CC(C)CCS(=O)(=O)Nc1cc(S(N)(=O)=O)ccc1F. The van der Waals surface area contributed by atoms with Crippen LogP contribution in [-0.4, -0.2) is 22.6 Å². The van der Waals surface area contributed by atoms with Gasteiger partial charge in [-0.05, 0) is 30.5 Å². The van der Waals surface area contributed by atoms with Crippen LogP contribution in [0.25, 0.3) is 0 Å². The first-order valence-electron chi connectivity index (χ1n) is 5.84. The number of halogens is 1. The largest absolute Gasteiger partial charge is 0.281 e. The Morgan fingerprint density at radius 2 is 1.85 bits per heavy atom. The molecule has 0 atom stereocenters. The number of primary sulfonamides is 1. The van der Waals surface area contributed by atoms with E-state index >= 15 is 0 Å². The van der Waals surface area contributed by atoms with Crippen LogP contribution in [0.4, 0.5) is 10.1 Å². The average molecular weight is 324 g/mol. The van der Waals surface area contributed by atoms with E-state index in [1.165, 1.54) is 0 Å². The molecule has 0 bridgehead atoms. The molecule has 1 rings (SSSR count). The highest BCUT2D eigenvalue weighted by atomic mass is 32.2. The fourth-order valence-corrected chi connectivity index (χ4v) is 3.28. The summed E-state index contributed by atoms with van der Waals surface area (Å²) >= 11 is 0. The van der Waals surface area contributed by atoms with Gasteiger partial charge in [-0.15, -0.1) is 0 Å². The summed E-state index contributed by atoms with van der Waals surface area (Å²) in [7, 11) is -7.76. The molecule has 1 aromatic rings. The molecule has 3 N–H and O–H groups in total. The van der Waals surface area contributed by atoms with Crippen molar-refractivity contribution in [2.24, 2.45) is 11.1 Å². The lowest BCUT2D eigenvalue weighted by Crippen LogP contribution is -2.19. The molecule has 0 saturated carbocycles. The van der Waals surface area contributed by atoms with E-state index in [9.17, 15) is 21.2 Å². The average Bonchev–Trinajstić information content (AvgIpc) is 2.28. The summed E-state index contributed by atoms with van der Waals surface area (Å²) in [6.07, 6.45) is 0.409. The highest BCUT2D eigenvalue weighted by molar-refractivity contribution is 7.92. The second-order valence-electron chi connectivity index (χ2n) is 4.79. The maximum atomic E-state index is 13.5.